The third-order valence-corrected chi connectivity index (χ3v) is 2.24. The Hall–Kier alpha value is -1.29. The van der Waals surface area contributed by atoms with Crippen LogP contribution >= 0.6 is 11.8 Å². The second kappa shape index (κ2) is 5.44. The van der Waals surface area contributed by atoms with Gasteiger partial charge in [-0.3, -0.25) is 9.78 Å². The van der Waals surface area contributed by atoms with E-state index in [2.05, 4.69) is 4.98 Å². The molecule has 0 aliphatic heterocycles. The Morgan fingerprint density at radius 1 is 1.64 bits per heavy atom. The van der Waals surface area contributed by atoms with E-state index in [-0.39, 0.29) is 5.75 Å². The van der Waals surface area contributed by atoms with Crippen LogP contribution in [-0.4, -0.2) is 21.8 Å². The number of nitrogens with zero attached hydrogens (tertiary/aromatic N) is 1. The monoisotopic (exact) mass is 209 g/mol. The van der Waals surface area contributed by atoms with Crippen molar-refractivity contribution in [1.82, 2.24) is 4.98 Å². The summed E-state index contributed by atoms with van der Waals surface area (Å²) in [5, 5.41) is 10.1. The van der Waals surface area contributed by atoms with Gasteiger partial charge in [0, 0.05) is 11.9 Å². The Balaban J connectivity index is 2.44. The summed E-state index contributed by atoms with van der Waals surface area (Å²) in [6.07, 6.45) is 3.60. The van der Waals surface area contributed by atoms with Gasteiger partial charge in [-0.1, -0.05) is 6.07 Å². The summed E-state index contributed by atoms with van der Waals surface area (Å²) in [5.41, 5.74) is 1.95. The lowest BCUT2D eigenvalue weighted by molar-refractivity contribution is -0.133. The third-order valence-electron chi connectivity index (χ3n) is 1.50. The molecule has 14 heavy (non-hydrogen) atoms. The average molecular weight is 209 g/mol. The molecule has 0 amide bonds. The van der Waals surface area contributed by atoms with Crippen molar-refractivity contribution in [1.29, 1.82) is 0 Å². The first kappa shape index (κ1) is 10.8. The zero-order valence-corrected chi connectivity index (χ0v) is 8.62. The van der Waals surface area contributed by atoms with Crippen LogP contribution < -0.4 is 0 Å². The number of rotatable bonds is 4. The second-order valence-corrected chi connectivity index (χ2v) is 3.63. The number of carboxylic acids is 1. The largest absolute Gasteiger partial charge is 0.481 e. The van der Waals surface area contributed by atoms with Crippen LogP contribution in [-0.2, 0) is 4.79 Å². The van der Waals surface area contributed by atoms with Gasteiger partial charge in [0.15, 0.2) is 0 Å². The summed E-state index contributed by atoms with van der Waals surface area (Å²) >= 11 is 1.25. The fraction of sp³-hybridized carbons (Fsp3) is 0.200. The van der Waals surface area contributed by atoms with Crippen molar-refractivity contribution in [3.05, 3.63) is 35.0 Å². The third kappa shape index (κ3) is 4.09. The van der Waals surface area contributed by atoms with Crippen molar-refractivity contribution >= 4 is 23.8 Å². The standard InChI is InChI=1S/C10H11NO2S/c1-8-2-3-9(6-11-8)4-5-14-7-10(12)13/h2-6H,7H2,1H3,(H,12,13)/b5-4+. The molecule has 0 spiro atoms. The molecule has 0 atom stereocenters. The van der Waals surface area contributed by atoms with Crippen LogP contribution in [0.1, 0.15) is 11.3 Å². The van der Waals surface area contributed by atoms with E-state index in [4.69, 9.17) is 5.11 Å². The van der Waals surface area contributed by atoms with Crippen molar-refractivity contribution in [3.8, 4) is 0 Å². The fourth-order valence-electron chi connectivity index (χ4n) is 0.824. The minimum Gasteiger partial charge on any atom is -0.481 e. The van der Waals surface area contributed by atoms with Gasteiger partial charge in [-0.25, -0.2) is 0 Å². The van der Waals surface area contributed by atoms with Crippen LogP contribution in [0.2, 0.25) is 0 Å². The van der Waals surface area contributed by atoms with Gasteiger partial charge in [0.1, 0.15) is 0 Å². The molecule has 0 aromatic carbocycles. The number of hydrogen-bond acceptors (Lipinski definition) is 3. The van der Waals surface area contributed by atoms with Gasteiger partial charge in [0.25, 0.3) is 0 Å². The van der Waals surface area contributed by atoms with Crippen LogP contribution in [0, 0.1) is 6.92 Å². The number of hydrogen-bond donors (Lipinski definition) is 1. The Bertz CT molecular complexity index is 332. The molecule has 3 nitrogen and oxygen atoms in total. The molecule has 1 rings (SSSR count). The molecule has 1 aromatic heterocycles. The second-order valence-electron chi connectivity index (χ2n) is 2.74. The highest BCUT2D eigenvalue weighted by molar-refractivity contribution is 8.02. The number of aryl methyl sites for hydroxylation is 1. The van der Waals surface area contributed by atoms with Crippen molar-refractivity contribution in [2.24, 2.45) is 0 Å². The normalized spacial score (nSPS) is 10.6. The molecule has 0 saturated heterocycles. The molecule has 0 fully saturated rings. The van der Waals surface area contributed by atoms with E-state index < -0.39 is 5.97 Å². The van der Waals surface area contributed by atoms with E-state index in [0.29, 0.717) is 0 Å². The Labute approximate surface area is 86.9 Å². The summed E-state index contributed by atoms with van der Waals surface area (Å²) in [6, 6.07) is 3.86. The van der Waals surface area contributed by atoms with E-state index in [0.717, 1.165) is 11.3 Å². The molecule has 0 bridgehead atoms. The minimum absolute atomic E-state index is 0.0930. The summed E-state index contributed by atoms with van der Waals surface area (Å²) < 4.78 is 0. The molecule has 0 radical (unpaired) electrons. The molecule has 1 aromatic rings. The molecular weight excluding hydrogens is 198 g/mol. The molecule has 0 aliphatic carbocycles. The quantitative estimate of drug-likeness (QED) is 0.825. The van der Waals surface area contributed by atoms with Gasteiger partial charge in [-0.05, 0) is 30.0 Å². The molecule has 74 valence electrons. The van der Waals surface area contributed by atoms with Crippen LogP contribution in [0.4, 0.5) is 0 Å². The number of thioether (sulfide) groups is 1. The average Bonchev–Trinajstić information content (AvgIpc) is 2.15. The van der Waals surface area contributed by atoms with Gasteiger partial charge in [0.2, 0.25) is 0 Å². The van der Waals surface area contributed by atoms with Gasteiger partial charge in [-0.2, -0.15) is 0 Å². The van der Waals surface area contributed by atoms with Crippen molar-refractivity contribution < 1.29 is 9.90 Å². The summed E-state index contributed by atoms with van der Waals surface area (Å²) in [5.74, 6) is -0.711. The Morgan fingerprint density at radius 2 is 2.43 bits per heavy atom. The van der Waals surface area contributed by atoms with E-state index in [9.17, 15) is 4.79 Å². The minimum atomic E-state index is -0.804. The summed E-state index contributed by atoms with van der Waals surface area (Å²) in [4.78, 5) is 14.3. The Kier molecular flexibility index (Phi) is 4.19. The highest BCUT2D eigenvalue weighted by Crippen LogP contribution is 2.07. The molecule has 0 unspecified atom stereocenters. The summed E-state index contributed by atoms with van der Waals surface area (Å²) in [6.45, 7) is 1.92. The van der Waals surface area contributed by atoms with Crippen LogP contribution in [0.3, 0.4) is 0 Å². The first-order valence-corrected chi connectivity index (χ1v) is 5.16. The number of carbonyl (C=O) groups is 1. The predicted molar refractivity (Wildman–Crippen MR) is 58.1 cm³/mol. The van der Waals surface area contributed by atoms with Crippen molar-refractivity contribution in [2.45, 2.75) is 6.92 Å². The number of aliphatic carboxylic acids is 1. The van der Waals surface area contributed by atoms with Crippen LogP contribution in [0.5, 0.6) is 0 Å². The molecule has 4 heteroatoms. The number of aromatic nitrogens is 1. The Morgan fingerprint density at radius 3 is 3.00 bits per heavy atom. The fourth-order valence-corrected chi connectivity index (χ4v) is 1.32. The number of pyridine rings is 1. The zero-order valence-electron chi connectivity index (χ0n) is 7.80. The topological polar surface area (TPSA) is 50.2 Å². The first-order valence-electron chi connectivity index (χ1n) is 4.11. The van der Waals surface area contributed by atoms with Crippen molar-refractivity contribution in [3.63, 3.8) is 0 Å². The van der Waals surface area contributed by atoms with Gasteiger partial charge in [-0.15, -0.1) is 11.8 Å². The lowest BCUT2D eigenvalue weighted by Gasteiger charge is -1.93. The molecule has 0 aliphatic rings. The van der Waals surface area contributed by atoms with Gasteiger partial charge >= 0.3 is 5.97 Å². The maximum absolute atomic E-state index is 10.2. The molecule has 1 N–H and O–H groups in total. The van der Waals surface area contributed by atoms with E-state index >= 15 is 0 Å². The lowest BCUT2D eigenvalue weighted by Crippen LogP contribution is -1.95. The van der Waals surface area contributed by atoms with Crippen LogP contribution in [0.25, 0.3) is 6.08 Å². The maximum Gasteiger partial charge on any atom is 0.313 e. The predicted octanol–water partition coefficient (Wildman–Crippen LogP) is 2.18. The SMILES string of the molecule is Cc1ccc(/C=C/SCC(=O)O)cn1. The molecular formula is C10H11NO2S. The summed E-state index contributed by atoms with van der Waals surface area (Å²) in [7, 11) is 0. The van der Waals surface area contributed by atoms with E-state index in [1.54, 1.807) is 11.6 Å². The van der Waals surface area contributed by atoms with E-state index in [1.165, 1.54) is 11.8 Å². The van der Waals surface area contributed by atoms with Gasteiger partial charge < -0.3 is 5.11 Å². The molecule has 0 saturated carbocycles. The zero-order chi connectivity index (χ0) is 10.4. The smallest absolute Gasteiger partial charge is 0.313 e. The molecule has 1 heterocycles. The van der Waals surface area contributed by atoms with E-state index in [1.807, 2.05) is 25.1 Å². The van der Waals surface area contributed by atoms with Crippen LogP contribution in [0.15, 0.2) is 23.7 Å². The lowest BCUT2D eigenvalue weighted by atomic mass is 10.2. The highest BCUT2D eigenvalue weighted by atomic mass is 32.2. The first-order chi connectivity index (χ1) is 6.68. The van der Waals surface area contributed by atoms with Gasteiger partial charge in [0.05, 0.1) is 5.75 Å². The maximum atomic E-state index is 10.2. The van der Waals surface area contributed by atoms with Crippen molar-refractivity contribution in [2.75, 3.05) is 5.75 Å². The number of carboxylic acid groups (broad SMARTS) is 1. The highest BCUT2D eigenvalue weighted by Gasteiger charge is 1.92.